The second kappa shape index (κ2) is 19.3. The Balaban J connectivity index is -0.000000623. The van der Waals surface area contributed by atoms with Gasteiger partial charge in [-0.05, 0) is 19.1 Å². The Bertz CT molecular complexity index is 496. The number of morpholine rings is 1. The molecular formula is C17H30N2O7Y. The minimum atomic E-state index is -0.968. The molecule has 0 aromatic heterocycles. The van der Waals surface area contributed by atoms with Crippen LogP contribution >= 0.6 is 0 Å². The Morgan fingerprint density at radius 3 is 2.30 bits per heavy atom. The quantitative estimate of drug-likeness (QED) is 0.346. The molecule has 1 rings (SSSR count). The minimum absolute atomic E-state index is 0. The summed E-state index contributed by atoms with van der Waals surface area (Å²) in [7, 11) is 0. The van der Waals surface area contributed by atoms with Crippen LogP contribution in [0.3, 0.4) is 0 Å². The van der Waals surface area contributed by atoms with E-state index in [1.54, 1.807) is 19.1 Å². The Hall–Kier alpha value is -1.42. The number of aliphatic hydroxyl groups is 1. The van der Waals surface area contributed by atoms with E-state index in [2.05, 4.69) is 12.3 Å². The summed E-state index contributed by atoms with van der Waals surface area (Å²) in [5.74, 6) is -0.748. The molecule has 1 saturated heterocycles. The average Bonchev–Trinajstić information content (AvgIpc) is 2.66. The average molecular weight is 463 g/mol. The third-order valence-electron chi connectivity index (χ3n) is 2.77. The molecule has 1 radical (unpaired) electrons. The summed E-state index contributed by atoms with van der Waals surface area (Å²) in [6.07, 6.45) is 3.30. The van der Waals surface area contributed by atoms with Crippen molar-refractivity contribution in [2.24, 2.45) is 5.73 Å². The van der Waals surface area contributed by atoms with Gasteiger partial charge in [-0.15, -0.1) is 0 Å². The van der Waals surface area contributed by atoms with Crippen LogP contribution in [0.15, 0.2) is 36.3 Å². The van der Waals surface area contributed by atoms with E-state index in [1.165, 1.54) is 11.0 Å². The van der Waals surface area contributed by atoms with Gasteiger partial charge >= 0.3 is 12.1 Å². The van der Waals surface area contributed by atoms with E-state index in [9.17, 15) is 14.7 Å². The largest absolute Gasteiger partial charge is 0.504 e. The van der Waals surface area contributed by atoms with Crippen LogP contribution in [0.25, 0.3) is 0 Å². The molecule has 1 atom stereocenters. The van der Waals surface area contributed by atoms with Gasteiger partial charge in [0.25, 0.3) is 0 Å². The number of carboxylic acids is 1. The molecule has 9 nitrogen and oxygen atoms in total. The molecule has 0 aromatic carbocycles. The molecule has 0 spiro atoms. The van der Waals surface area contributed by atoms with Crippen molar-refractivity contribution >= 4 is 12.1 Å². The van der Waals surface area contributed by atoms with Crippen molar-refractivity contribution in [1.82, 2.24) is 4.90 Å². The fraction of sp³-hybridized carbons (Fsp3) is 0.529. The summed E-state index contributed by atoms with van der Waals surface area (Å²) in [5.41, 5.74) is 4.57. The van der Waals surface area contributed by atoms with Crippen molar-refractivity contribution in [2.45, 2.75) is 26.9 Å². The number of carboxylic acid groups (broad SMARTS) is 2. The van der Waals surface area contributed by atoms with Crippen molar-refractivity contribution in [3.05, 3.63) is 36.3 Å². The maximum atomic E-state index is 10.9. The molecule has 1 aliphatic heterocycles. The van der Waals surface area contributed by atoms with E-state index < -0.39 is 12.1 Å². The molecular weight excluding hydrogens is 433 g/mol. The van der Waals surface area contributed by atoms with Gasteiger partial charge in [-0.25, -0.2) is 4.79 Å². The number of nitrogens with two attached hydrogens (primary N) is 1. The van der Waals surface area contributed by atoms with Gasteiger partial charge < -0.3 is 35.4 Å². The van der Waals surface area contributed by atoms with Crippen LogP contribution in [-0.2, 0) is 47.0 Å². The maximum absolute atomic E-state index is 10.9. The zero-order valence-electron chi connectivity index (χ0n) is 16.1. The van der Waals surface area contributed by atoms with Gasteiger partial charge in [-0.2, -0.15) is 0 Å². The van der Waals surface area contributed by atoms with E-state index in [0.717, 1.165) is 0 Å². The van der Waals surface area contributed by atoms with Gasteiger partial charge in [0.05, 0.1) is 19.7 Å². The van der Waals surface area contributed by atoms with Gasteiger partial charge in [0, 0.05) is 39.3 Å². The molecule has 0 saturated carbocycles. The van der Waals surface area contributed by atoms with E-state index in [0.29, 0.717) is 13.2 Å². The molecule has 1 amide bonds. The molecule has 1 aliphatic rings. The molecule has 0 bridgehead atoms. The number of amides is 1. The Kier molecular flexibility index (Phi) is 21.7. The molecule has 0 aliphatic carbocycles. The summed E-state index contributed by atoms with van der Waals surface area (Å²) in [5, 5.41) is 26.1. The van der Waals surface area contributed by atoms with E-state index in [1.807, 2.05) is 13.8 Å². The molecule has 5 N–H and O–H groups in total. The van der Waals surface area contributed by atoms with E-state index in [-0.39, 0.29) is 70.0 Å². The predicted molar refractivity (Wildman–Crippen MR) is 98.0 cm³/mol. The molecule has 0 aromatic rings. The van der Waals surface area contributed by atoms with Crippen LogP contribution in [-0.4, -0.2) is 71.2 Å². The van der Waals surface area contributed by atoms with Crippen LogP contribution in [0.5, 0.6) is 0 Å². The van der Waals surface area contributed by atoms with Crippen molar-refractivity contribution in [3.8, 4) is 0 Å². The van der Waals surface area contributed by atoms with Crippen molar-refractivity contribution in [3.63, 3.8) is 0 Å². The Labute approximate surface area is 185 Å². The number of rotatable bonds is 6. The third-order valence-corrected chi connectivity index (χ3v) is 2.77. The first-order chi connectivity index (χ1) is 12.3. The van der Waals surface area contributed by atoms with Crippen molar-refractivity contribution < 1.29 is 67.1 Å². The molecule has 10 heteroatoms. The van der Waals surface area contributed by atoms with Crippen LogP contribution in [0.4, 0.5) is 4.79 Å². The number of aliphatic hydroxyl groups excluding tert-OH is 1. The van der Waals surface area contributed by atoms with Crippen molar-refractivity contribution in [1.29, 1.82) is 0 Å². The first-order valence-electron chi connectivity index (χ1n) is 8.18. The fourth-order valence-corrected chi connectivity index (χ4v) is 1.64. The van der Waals surface area contributed by atoms with Crippen LogP contribution < -0.4 is 5.73 Å². The van der Waals surface area contributed by atoms with E-state index >= 15 is 0 Å². The summed E-state index contributed by atoms with van der Waals surface area (Å²) < 4.78 is 10.8. The second-order valence-corrected chi connectivity index (χ2v) is 4.58. The summed E-state index contributed by atoms with van der Waals surface area (Å²) in [4.78, 5) is 21.4. The summed E-state index contributed by atoms with van der Waals surface area (Å²) in [6.45, 7) is 10.1. The number of aliphatic carboxylic acids is 1. The van der Waals surface area contributed by atoms with Crippen molar-refractivity contribution in [2.75, 3.05) is 32.8 Å². The zero-order valence-corrected chi connectivity index (χ0v) is 19.0. The van der Waals surface area contributed by atoms with Gasteiger partial charge in [-0.1, -0.05) is 26.5 Å². The zero-order chi connectivity index (χ0) is 20.5. The van der Waals surface area contributed by atoms with Gasteiger partial charge in [-0.3, -0.25) is 4.79 Å². The third kappa shape index (κ3) is 15.3. The summed E-state index contributed by atoms with van der Waals surface area (Å²) >= 11 is 0. The topological polar surface area (TPSA) is 143 Å². The first-order valence-corrected chi connectivity index (χ1v) is 8.18. The van der Waals surface area contributed by atoms with Crippen LogP contribution in [0.1, 0.15) is 20.8 Å². The monoisotopic (exact) mass is 463 g/mol. The summed E-state index contributed by atoms with van der Waals surface area (Å²) in [6, 6.07) is 0. The number of hydrogen-bond acceptors (Lipinski definition) is 6. The fourth-order valence-electron chi connectivity index (χ4n) is 1.64. The number of ether oxygens (including phenoxy) is 2. The second-order valence-electron chi connectivity index (χ2n) is 4.58. The maximum Gasteiger partial charge on any atom is 0.407 e. The smallest absolute Gasteiger partial charge is 0.407 e. The van der Waals surface area contributed by atoms with Gasteiger partial charge in [0.1, 0.15) is 12.7 Å². The number of carbonyl (C=O) groups is 2. The number of allylic oxidation sites excluding steroid dienone is 3. The van der Waals surface area contributed by atoms with Crippen LogP contribution in [0, 0.1) is 0 Å². The van der Waals surface area contributed by atoms with Crippen LogP contribution in [0.2, 0.25) is 0 Å². The molecule has 153 valence electrons. The molecule has 1 fully saturated rings. The Morgan fingerprint density at radius 2 is 1.89 bits per heavy atom. The van der Waals surface area contributed by atoms with E-state index in [4.69, 9.17) is 19.7 Å². The van der Waals surface area contributed by atoms with Gasteiger partial charge in [0.2, 0.25) is 0 Å². The SMILES string of the molecule is C=C/C(O)=C(\C=C/C)OCC1CN(C(=O)O)CCO1.CC.NCC(=O)O.[Y]. The normalized spacial score (nSPS) is 16.4. The van der Waals surface area contributed by atoms with Gasteiger partial charge in [0.15, 0.2) is 11.5 Å². The number of nitrogens with zero attached hydrogens (tertiary/aromatic N) is 1. The predicted octanol–water partition coefficient (Wildman–Crippen LogP) is 1.97. The standard InChI is InChI=1S/C13H19NO5.C2H5NO2.C2H6.Y/c1-3-5-12(11(15)4-2)19-9-10-8-14(13(16)17)6-7-18-10;3-1-2(4)5;1-2;/h3-5,10,15H,2,6-9H2,1H3,(H,16,17);1,3H2,(H,4,5);1-2H3;/b5-3-,12-11-;;;. The Morgan fingerprint density at radius 1 is 1.33 bits per heavy atom. The molecule has 1 unspecified atom stereocenters. The molecule has 27 heavy (non-hydrogen) atoms. The molecule has 1 heterocycles. The number of hydrogen-bond donors (Lipinski definition) is 4. The first kappa shape index (κ1) is 30.3. The minimum Gasteiger partial charge on any atom is -0.504 e.